The standard InChI is InChI=1S/C26H19N3O4S/c30-23-13-19-12-18(8-11-21(19)27-23)22-15-34-26(28-22)29-24(31)14-33-20-9-6-17(7-10-20)25(32)16-4-2-1-3-5-16/h1-12,15H,13-14H2,(H,27,30)(H,28,29,31). The number of carbonyl (C=O) groups is 3. The van der Waals surface area contributed by atoms with E-state index in [4.69, 9.17) is 4.74 Å². The fourth-order valence-corrected chi connectivity index (χ4v) is 4.35. The summed E-state index contributed by atoms with van der Waals surface area (Å²) in [6.45, 7) is -0.187. The molecule has 2 heterocycles. The molecule has 1 aliphatic heterocycles. The molecule has 2 N–H and O–H groups in total. The first-order valence-electron chi connectivity index (χ1n) is 10.6. The van der Waals surface area contributed by atoms with Crippen molar-refractivity contribution in [2.75, 3.05) is 17.2 Å². The van der Waals surface area contributed by atoms with Crippen molar-refractivity contribution in [2.45, 2.75) is 6.42 Å². The Morgan fingerprint density at radius 1 is 1.00 bits per heavy atom. The summed E-state index contributed by atoms with van der Waals surface area (Å²) in [6, 6.07) is 21.4. The van der Waals surface area contributed by atoms with Crippen LogP contribution in [-0.2, 0) is 16.0 Å². The highest BCUT2D eigenvalue weighted by Gasteiger charge is 2.18. The van der Waals surface area contributed by atoms with E-state index in [1.54, 1.807) is 36.4 Å². The topological polar surface area (TPSA) is 97.4 Å². The number of hydrogen-bond donors (Lipinski definition) is 2. The van der Waals surface area contributed by atoms with Gasteiger partial charge in [-0.05, 0) is 42.0 Å². The van der Waals surface area contributed by atoms with Crippen molar-refractivity contribution in [1.29, 1.82) is 0 Å². The number of aromatic nitrogens is 1. The first kappa shape index (κ1) is 21.5. The van der Waals surface area contributed by atoms with Gasteiger partial charge in [-0.3, -0.25) is 19.7 Å². The van der Waals surface area contributed by atoms with Gasteiger partial charge in [-0.25, -0.2) is 4.98 Å². The average Bonchev–Trinajstić information content (AvgIpc) is 3.48. The molecule has 34 heavy (non-hydrogen) atoms. The fraction of sp³-hybridized carbons (Fsp3) is 0.0769. The van der Waals surface area contributed by atoms with Gasteiger partial charge in [0.15, 0.2) is 17.5 Å². The summed E-state index contributed by atoms with van der Waals surface area (Å²) < 4.78 is 5.55. The van der Waals surface area contributed by atoms with Gasteiger partial charge < -0.3 is 10.1 Å². The predicted molar refractivity (Wildman–Crippen MR) is 130 cm³/mol. The third-order valence-electron chi connectivity index (χ3n) is 5.30. The van der Waals surface area contributed by atoms with E-state index in [9.17, 15) is 14.4 Å². The van der Waals surface area contributed by atoms with Crippen molar-refractivity contribution in [3.63, 3.8) is 0 Å². The number of hydrogen-bond acceptors (Lipinski definition) is 6. The predicted octanol–water partition coefficient (Wildman–Crippen LogP) is 4.55. The largest absolute Gasteiger partial charge is 0.484 e. The molecule has 0 saturated heterocycles. The van der Waals surface area contributed by atoms with E-state index in [1.807, 2.05) is 41.8 Å². The minimum Gasteiger partial charge on any atom is -0.484 e. The third-order valence-corrected chi connectivity index (χ3v) is 6.06. The maximum Gasteiger partial charge on any atom is 0.264 e. The second kappa shape index (κ2) is 9.29. The molecule has 0 radical (unpaired) electrons. The van der Waals surface area contributed by atoms with E-state index in [0.29, 0.717) is 28.4 Å². The Labute approximate surface area is 199 Å². The summed E-state index contributed by atoms with van der Waals surface area (Å²) in [5.41, 5.74) is 4.53. The lowest BCUT2D eigenvalue weighted by atomic mass is 10.0. The van der Waals surface area contributed by atoms with Crippen LogP contribution in [0.2, 0.25) is 0 Å². The van der Waals surface area contributed by atoms with Crippen LogP contribution in [0.15, 0.2) is 78.2 Å². The van der Waals surface area contributed by atoms with Crippen LogP contribution in [0.25, 0.3) is 11.3 Å². The molecule has 7 nitrogen and oxygen atoms in total. The highest BCUT2D eigenvalue weighted by molar-refractivity contribution is 7.14. The Balaban J connectivity index is 1.16. The molecule has 168 valence electrons. The summed E-state index contributed by atoms with van der Waals surface area (Å²) >= 11 is 1.31. The van der Waals surface area contributed by atoms with E-state index < -0.39 is 0 Å². The molecular weight excluding hydrogens is 450 g/mol. The van der Waals surface area contributed by atoms with Crippen LogP contribution in [0, 0.1) is 0 Å². The molecule has 1 aliphatic rings. The number of carbonyl (C=O) groups excluding carboxylic acids is 3. The smallest absolute Gasteiger partial charge is 0.264 e. The van der Waals surface area contributed by atoms with Gasteiger partial charge in [-0.1, -0.05) is 36.4 Å². The van der Waals surface area contributed by atoms with Crippen molar-refractivity contribution in [2.24, 2.45) is 0 Å². The van der Waals surface area contributed by atoms with Gasteiger partial charge in [0.05, 0.1) is 12.1 Å². The molecule has 0 spiro atoms. The van der Waals surface area contributed by atoms with Crippen molar-refractivity contribution < 1.29 is 19.1 Å². The van der Waals surface area contributed by atoms with Crippen LogP contribution in [0.5, 0.6) is 5.75 Å². The zero-order chi connectivity index (χ0) is 23.5. The Hall–Kier alpha value is -4.30. The minimum atomic E-state index is -0.339. The first-order valence-corrected chi connectivity index (χ1v) is 11.4. The number of nitrogens with one attached hydrogen (secondary N) is 2. The number of fused-ring (bicyclic) bond motifs is 1. The number of amides is 2. The number of ketones is 1. The lowest BCUT2D eigenvalue weighted by Crippen LogP contribution is -2.20. The molecule has 2 amide bonds. The first-order chi connectivity index (χ1) is 16.5. The van der Waals surface area contributed by atoms with Crippen LogP contribution in [0.3, 0.4) is 0 Å². The zero-order valence-electron chi connectivity index (χ0n) is 17.9. The fourth-order valence-electron chi connectivity index (χ4n) is 3.62. The molecule has 5 rings (SSSR count). The molecule has 0 unspecified atom stereocenters. The molecular formula is C26H19N3O4S. The number of anilines is 2. The molecule has 4 aromatic rings. The average molecular weight is 470 g/mol. The Bertz CT molecular complexity index is 1380. The summed E-state index contributed by atoms with van der Waals surface area (Å²) in [6.07, 6.45) is 0.357. The number of rotatable bonds is 7. The van der Waals surface area contributed by atoms with Gasteiger partial charge in [-0.2, -0.15) is 0 Å². The molecule has 0 aliphatic carbocycles. The minimum absolute atomic E-state index is 0.0178. The van der Waals surface area contributed by atoms with Crippen molar-refractivity contribution in [1.82, 2.24) is 4.98 Å². The van der Waals surface area contributed by atoms with Gasteiger partial charge in [0.2, 0.25) is 5.91 Å². The molecule has 0 fully saturated rings. The molecule has 1 aromatic heterocycles. The van der Waals surface area contributed by atoms with E-state index in [-0.39, 0.29) is 24.2 Å². The SMILES string of the molecule is O=C(COc1ccc(C(=O)c2ccccc2)cc1)Nc1nc(-c2ccc3c(c2)CC(=O)N3)cs1. The monoisotopic (exact) mass is 469 g/mol. The lowest BCUT2D eigenvalue weighted by Gasteiger charge is -2.07. The number of nitrogens with zero attached hydrogens (tertiary/aromatic N) is 1. The summed E-state index contributed by atoms with van der Waals surface area (Å²) in [4.78, 5) is 40.8. The van der Waals surface area contributed by atoms with Crippen molar-refractivity contribution in [3.05, 3.63) is 94.9 Å². The molecule has 0 saturated carbocycles. The van der Waals surface area contributed by atoms with Crippen LogP contribution < -0.4 is 15.4 Å². The van der Waals surface area contributed by atoms with Crippen molar-refractivity contribution in [3.8, 4) is 17.0 Å². The molecule has 0 bridgehead atoms. The second-order valence-corrected chi connectivity index (χ2v) is 8.55. The van der Waals surface area contributed by atoms with Gasteiger partial charge in [0.1, 0.15) is 5.75 Å². The van der Waals surface area contributed by atoms with Gasteiger partial charge in [0.25, 0.3) is 5.91 Å². The number of thiazole rings is 1. The van der Waals surface area contributed by atoms with Gasteiger partial charge in [0, 0.05) is 27.8 Å². The van der Waals surface area contributed by atoms with Crippen molar-refractivity contribution >= 4 is 39.8 Å². The maximum atomic E-state index is 12.5. The van der Waals surface area contributed by atoms with Crippen LogP contribution in [-0.4, -0.2) is 29.2 Å². The van der Waals surface area contributed by atoms with E-state index in [2.05, 4.69) is 15.6 Å². The highest BCUT2D eigenvalue weighted by Crippen LogP contribution is 2.30. The number of ether oxygens (including phenoxy) is 1. The maximum absolute atomic E-state index is 12.5. The van der Waals surface area contributed by atoms with E-state index in [1.165, 1.54) is 11.3 Å². The molecule has 8 heteroatoms. The molecule has 0 atom stereocenters. The summed E-state index contributed by atoms with van der Waals surface area (Å²) in [5, 5.41) is 7.85. The lowest BCUT2D eigenvalue weighted by molar-refractivity contribution is -0.118. The Morgan fingerprint density at radius 3 is 2.56 bits per heavy atom. The summed E-state index contributed by atoms with van der Waals surface area (Å²) in [7, 11) is 0. The van der Waals surface area contributed by atoms with E-state index in [0.717, 1.165) is 22.5 Å². The van der Waals surface area contributed by atoms with Gasteiger partial charge >= 0.3 is 0 Å². The third kappa shape index (κ3) is 4.72. The number of benzene rings is 3. The molecule has 3 aromatic carbocycles. The Kier molecular flexibility index (Phi) is 5.88. The quantitative estimate of drug-likeness (QED) is 0.387. The van der Waals surface area contributed by atoms with Gasteiger partial charge in [-0.15, -0.1) is 11.3 Å². The van der Waals surface area contributed by atoms with E-state index >= 15 is 0 Å². The van der Waals surface area contributed by atoms with Crippen LogP contribution >= 0.6 is 11.3 Å². The Morgan fingerprint density at radius 2 is 1.76 bits per heavy atom. The zero-order valence-corrected chi connectivity index (χ0v) is 18.7. The summed E-state index contributed by atoms with van der Waals surface area (Å²) in [5.74, 6) is 0.0569. The second-order valence-electron chi connectivity index (χ2n) is 7.69. The van der Waals surface area contributed by atoms with Crippen LogP contribution in [0.1, 0.15) is 21.5 Å². The highest BCUT2D eigenvalue weighted by atomic mass is 32.1. The van der Waals surface area contributed by atoms with Crippen LogP contribution in [0.4, 0.5) is 10.8 Å². The normalized spacial score (nSPS) is 12.1.